The average molecular weight is 478 g/mol. The Bertz CT molecular complexity index is 807. The van der Waals surface area contributed by atoms with Gasteiger partial charge < -0.3 is 14.8 Å². The van der Waals surface area contributed by atoms with Crippen LogP contribution in [0.4, 0.5) is 4.79 Å². The monoisotopic (exact) mass is 478 g/mol. The molecule has 0 saturated carbocycles. The highest BCUT2D eigenvalue weighted by Gasteiger charge is 2.20. The summed E-state index contributed by atoms with van der Waals surface area (Å²) in [7, 11) is 0. The number of alkyl carbamates (subject to hydrolysis) is 1. The molecule has 0 aliphatic rings. The van der Waals surface area contributed by atoms with Crippen LogP contribution < -0.4 is 10.1 Å². The Balaban J connectivity index is 2.06. The van der Waals surface area contributed by atoms with Gasteiger partial charge in [-0.1, -0.05) is 18.2 Å². The molecule has 27 heavy (non-hydrogen) atoms. The second-order valence-corrected chi connectivity index (χ2v) is 8.37. The first-order valence-electron chi connectivity index (χ1n) is 8.62. The van der Waals surface area contributed by atoms with Gasteiger partial charge in [-0.3, -0.25) is 0 Å². The van der Waals surface area contributed by atoms with Crippen molar-refractivity contribution in [3.05, 3.63) is 63.2 Å². The molecule has 0 aromatic heterocycles. The summed E-state index contributed by atoms with van der Waals surface area (Å²) < 4.78 is 12.3. The lowest BCUT2D eigenvalue weighted by Crippen LogP contribution is -2.43. The predicted molar refractivity (Wildman–Crippen MR) is 113 cm³/mol. The van der Waals surface area contributed by atoms with Crippen LogP contribution in [0, 0.1) is 14.9 Å². The van der Waals surface area contributed by atoms with Crippen LogP contribution in [0.5, 0.6) is 5.75 Å². The second-order valence-electron chi connectivity index (χ2n) is 7.12. The van der Waals surface area contributed by atoms with E-state index in [4.69, 9.17) is 14.7 Å². The third-order valence-corrected chi connectivity index (χ3v) is 4.25. The van der Waals surface area contributed by atoms with Crippen molar-refractivity contribution in [3.63, 3.8) is 0 Å². The molecule has 0 aliphatic carbocycles. The van der Waals surface area contributed by atoms with Crippen LogP contribution in [0.1, 0.15) is 31.9 Å². The fraction of sp³-hybridized carbons (Fsp3) is 0.333. The van der Waals surface area contributed by atoms with Crippen molar-refractivity contribution in [2.24, 2.45) is 0 Å². The SMILES string of the molecule is CC(C)(C)OC(=O)N[C@@H](COc1cccc(C#N)c1)Cc1ccc(I)cc1. The molecule has 0 fully saturated rings. The second kappa shape index (κ2) is 9.60. The van der Waals surface area contributed by atoms with E-state index in [9.17, 15) is 4.79 Å². The maximum absolute atomic E-state index is 12.2. The molecule has 0 unspecified atom stereocenters. The molecule has 0 heterocycles. The van der Waals surface area contributed by atoms with E-state index in [-0.39, 0.29) is 12.6 Å². The van der Waals surface area contributed by atoms with Gasteiger partial charge in [-0.2, -0.15) is 5.26 Å². The Morgan fingerprint density at radius 1 is 1.22 bits per heavy atom. The summed E-state index contributed by atoms with van der Waals surface area (Å²) in [5.74, 6) is 0.590. The minimum atomic E-state index is -0.570. The highest BCUT2D eigenvalue weighted by atomic mass is 127. The number of halogens is 1. The number of ether oxygens (including phenoxy) is 2. The normalized spacial score (nSPS) is 12.0. The largest absolute Gasteiger partial charge is 0.491 e. The van der Waals surface area contributed by atoms with Crippen molar-refractivity contribution < 1.29 is 14.3 Å². The lowest BCUT2D eigenvalue weighted by molar-refractivity contribution is 0.0488. The molecular formula is C21H23IN2O3. The number of hydrogen-bond donors (Lipinski definition) is 1. The number of carbonyl (C=O) groups excluding carboxylic acids is 1. The van der Waals surface area contributed by atoms with Crippen LogP contribution in [0.2, 0.25) is 0 Å². The van der Waals surface area contributed by atoms with E-state index in [1.54, 1.807) is 24.3 Å². The van der Waals surface area contributed by atoms with Gasteiger partial charge in [0.15, 0.2) is 0 Å². The van der Waals surface area contributed by atoms with Crippen molar-refractivity contribution in [2.45, 2.75) is 38.8 Å². The summed E-state index contributed by atoms with van der Waals surface area (Å²) in [6, 6.07) is 16.9. The number of nitriles is 1. The Labute approximate surface area is 173 Å². The van der Waals surface area contributed by atoms with Crippen LogP contribution in [0.25, 0.3) is 0 Å². The molecule has 5 nitrogen and oxygen atoms in total. The summed E-state index contributed by atoms with van der Waals surface area (Å²) in [6.45, 7) is 5.74. The Morgan fingerprint density at radius 3 is 2.56 bits per heavy atom. The molecule has 1 N–H and O–H groups in total. The van der Waals surface area contributed by atoms with Gasteiger partial charge in [-0.25, -0.2) is 4.79 Å². The average Bonchev–Trinajstić information content (AvgIpc) is 2.60. The molecule has 2 rings (SSSR count). The molecule has 0 saturated heterocycles. The standard InChI is InChI=1S/C21H23IN2O3/c1-21(2,3)27-20(25)24-18(11-15-7-9-17(22)10-8-15)14-26-19-6-4-5-16(12-19)13-23/h4-10,12,18H,11,14H2,1-3H3,(H,24,25)/t18-/m1/s1. The first-order valence-corrected chi connectivity index (χ1v) is 9.70. The van der Waals surface area contributed by atoms with E-state index in [1.165, 1.54) is 0 Å². The number of nitrogens with one attached hydrogen (secondary N) is 1. The van der Waals surface area contributed by atoms with E-state index in [0.717, 1.165) is 9.13 Å². The molecular weight excluding hydrogens is 455 g/mol. The Hall–Kier alpha value is -2.27. The van der Waals surface area contributed by atoms with Crippen molar-refractivity contribution in [1.29, 1.82) is 5.26 Å². The lowest BCUT2D eigenvalue weighted by Gasteiger charge is -2.24. The minimum absolute atomic E-state index is 0.264. The van der Waals surface area contributed by atoms with Gasteiger partial charge in [0, 0.05) is 3.57 Å². The van der Waals surface area contributed by atoms with Gasteiger partial charge in [0.2, 0.25) is 0 Å². The summed E-state index contributed by atoms with van der Waals surface area (Å²) in [6.07, 6.45) is 0.126. The maximum atomic E-state index is 12.2. The van der Waals surface area contributed by atoms with Crippen molar-refractivity contribution >= 4 is 28.7 Å². The molecule has 0 bridgehead atoms. The highest BCUT2D eigenvalue weighted by molar-refractivity contribution is 14.1. The fourth-order valence-corrected chi connectivity index (χ4v) is 2.74. The molecule has 1 atom stereocenters. The maximum Gasteiger partial charge on any atom is 0.408 e. The number of carbonyl (C=O) groups is 1. The quantitative estimate of drug-likeness (QED) is 0.613. The van der Waals surface area contributed by atoms with E-state index in [2.05, 4.69) is 34.0 Å². The van der Waals surface area contributed by atoms with Crippen molar-refractivity contribution in [1.82, 2.24) is 5.32 Å². The molecule has 1 amide bonds. The van der Waals surface area contributed by atoms with Crippen molar-refractivity contribution in [2.75, 3.05) is 6.61 Å². The summed E-state index contributed by atoms with van der Waals surface area (Å²) in [5.41, 5.74) is 1.05. The van der Waals surface area contributed by atoms with E-state index < -0.39 is 11.7 Å². The van der Waals surface area contributed by atoms with Crippen LogP contribution in [-0.4, -0.2) is 24.3 Å². The Kier molecular flexibility index (Phi) is 7.48. The van der Waals surface area contributed by atoms with Gasteiger partial charge in [0.05, 0.1) is 17.7 Å². The summed E-state index contributed by atoms with van der Waals surface area (Å²) in [5, 5.41) is 11.9. The van der Waals surface area contributed by atoms with E-state index >= 15 is 0 Å². The fourth-order valence-electron chi connectivity index (χ4n) is 2.38. The third-order valence-electron chi connectivity index (χ3n) is 3.53. The Morgan fingerprint density at radius 2 is 1.93 bits per heavy atom. The van der Waals surface area contributed by atoms with Crippen LogP contribution >= 0.6 is 22.6 Å². The zero-order valence-corrected chi connectivity index (χ0v) is 17.8. The smallest absolute Gasteiger partial charge is 0.408 e. The molecule has 0 spiro atoms. The minimum Gasteiger partial charge on any atom is -0.491 e. The lowest BCUT2D eigenvalue weighted by atomic mass is 10.1. The first-order chi connectivity index (χ1) is 12.7. The highest BCUT2D eigenvalue weighted by Crippen LogP contribution is 2.15. The first kappa shape index (κ1) is 21.0. The summed E-state index contributed by atoms with van der Waals surface area (Å²) in [4.78, 5) is 12.2. The zero-order valence-electron chi connectivity index (χ0n) is 15.7. The van der Waals surface area contributed by atoms with Gasteiger partial charge in [0.1, 0.15) is 18.0 Å². The molecule has 2 aromatic rings. The van der Waals surface area contributed by atoms with Gasteiger partial charge >= 0.3 is 6.09 Å². The molecule has 0 aliphatic heterocycles. The number of hydrogen-bond acceptors (Lipinski definition) is 4. The van der Waals surface area contributed by atoms with Crippen molar-refractivity contribution in [3.8, 4) is 11.8 Å². The summed E-state index contributed by atoms with van der Waals surface area (Å²) >= 11 is 2.25. The van der Waals surface area contributed by atoms with Crippen LogP contribution in [0.15, 0.2) is 48.5 Å². The number of nitrogens with zero attached hydrogens (tertiary/aromatic N) is 1. The predicted octanol–water partition coefficient (Wildman–Crippen LogP) is 4.68. The topological polar surface area (TPSA) is 71.3 Å². The number of amides is 1. The third kappa shape index (κ3) is 7.87. The number of rotatable bonds is 6. The van der Waals surface area contributed by atoms with Crippen LogP contribution in [-0.2, 0) is 11.2 Å². The molecule has 2 aromatic carbocycles. The molecule has 142 valence electrons. The molecule has 6 heteroatoms. The van der Waals surface area contributed by atoms with E-state index in [1.807, 2.05) is 45.0 Å². The van der Waals surface area contributed by atoms with Gasteiger partial charge in [0.25, 0.3) is 0 Å². The van der Waals surface area contributed by atoms with Gasteiger partial charge in [-0.05, 0) is 85.7 Å². The van der Waals surface area contributed by atoms with Gasteiger partial charge in [-0.15, -0.1) is 0 Å². The zero-order chi connectivity index (χ0) is 19.9. The van der Waals surface area contributed by atoms with Crippen LogP contribution in [0.3, 0.4) is 0 Å². The molecule has 0 radical (unpaired) electrons. The van der Waals surface area contributed by atoms with E-state index in [0.29, 0.717) is 17.7 Å². The number of benzene rings is 2.